The molecule has 0 saturated heterocycles. The number of ether oxygens (including phenoxy) is 1. The van der Waals surface area contributed by atoms with Crippen LogP contribution in [0.4, 0.5) is 11.5 Å². The van der Waals surface area contributed by atoms with Gasteiger partial charge in [0.25, 0.3) is 0 Å². The SMILES string of the molecule is CCCCOc1ccc(Nc2ncnc3scc(-c4ccc(Cl)cc4)c23)cc1. The van der Waals surface area contributed by atoms with Crippen molar-refractivity contribution in [3.63, 3.8) is 0 Å². The third-order valence-corrected chi connectivity index (χ3v) is 5.55. The van der Waals surface area contributed by atoms with Crippen LogP contribution >= 0.6 is 22.9 Å². The average molecular weight is 410 g/mol. The summed E-state index contributed by atoms with van der Waals surface area (Å²) in [4.78, 5) is 9.86. The van der Waals surface area contributed by atoms with Crippen molar-refractivity contribution in [3.05, 3.63) is 65.3 Å². The fraction of sp³-hybridized carbons (Fsp3) is 0.182. The van der Waals surface area contributed by atoms with E-state index in [1.54, 1.807) is 17.7 Å². The first kappa shape index (κ1) is 18.7. The minimum Gasteiger partial charge on any atom is -0.494 e. The maximum atomic E-state index is 6.04. The van der Waals surface area contributed by atoms with Gasteiger partial charge in [0, 0.05) is 21.7 Å². The van der Waals surface area contributed by atoms with Gasteiger partial charge < -0.3 is 10.1 Å². The first-order valence-electron chi connectivity index (χ1n) is 9.22. The summed E-state index contributed by atoms with van der Waals surface area (Å²) in [5, 5.41) is 7.27. The lowest BCUT2D eigenvalue weighted by molar-refractivity contribution is 0.309. The van der Waals surface area contributed by atoms with E-state index < -0.39 is 0 Å². The highest BCUT2D eigenvalue weighted by atomic mass is 35.5. The van der Waals surface area contributed by atoms with Gasteiger partial charge in [-0.2, -0.15) is 0 Å². The normalized spacial score (nSPS) is 10.9. The van der Waals surface area contributed by atoms with Crippen molar-refractivity contribution in [3.8, 4) is 16.9 Å². The molecule has 28 heavy (non-hydrogen) atoms. The zero-order valence-electron chi connectivity index (χ0n) is 15.5. The minimum atomic E-state index is 0.721. The first-order valence-corrected chi connectivity index (χ1v) is 10.5. The summed E-state index contributed by atoms with van der Waals surface area (Å²) in [6, 6.07) is 15.8. The average Bonchev–Trinajstić information content (AvgIpc) is 3.15. The van der Waals surface area contributed by atoms with Gasteiger partial charge >= 0.3 is 0 Å². The molecule has 4 rings (SSSR count). The van der Waals surface area contributed by atoms with Crippen LogP contribution in [0.5, 0.6) is 5.75 Å². The Balaban J connectivity index is 1.62. The predicted molar refractivity (Wildman–Crippen MR) is 118 cm³/mol. The van der Waals surface area contributed by atoms with Crippen LogP contribution in [0.2, 0.25) is 5.02 Å². The van der Waals surface area contributed by atoms with E-state index in [1.807, 2.05) is 48.5 Å². The molecule has 0 unspecified atom stereocenters. The Morgan fingerprint density at radius 3 is 2.57 bits per heavy atom. The van der Waals surface area contributed by atoms with Gasteiger partial charge in [-0.3, -0.25) is 0 Å². The lowest BCUT2D eigenvalue weighted by atomic mass is 10.1. The molecule has 0 radical (unpaired) electrons. The number of hydrogen-bond acceptors (Lipinski definition) is 5. The topological polar surface area (TPSA) is 47.0 Å². The molecular weight excluding hydrogens is 390 g/mol. The van der Waals surface area contributed by atoms with Crippen LogP contribution in [0.15, 0.2) is 60.2 Å². The van der Waals surface area contributed by atoms with Crippen LogP contribution in [-0.2, 0) is 0 Å². The number of unbranched alkanes of at least 4 members (excludes halogenated alkanes) is 1. The van der Waals surface area contributed by atoms with Crippen LogP contribution < -0.4 is 10.1 Å². The van der Waals surface area contributed by atoms with Crippen molar-refractivity contribution < 1.29 is 4.74 Å². The lowest BCUT2D eigenvalue weighted by Crippen LogP contribution is -1.98. The van der Waals surface area contributed by atoms with E-state index in [2.05, 4.69) is 27.6 Å². The van der Waals surface area contributed by atoms with Gasteiger partial charge in [-0.05, 0) is 48.4 Å². The Morgan fingerprint density at radius 2 is 1.82 bits per heavy atom. The lowest BCUT2D eigenvalue weighted by Gasteiger charge is -2.10. The summed E-state index contributed by atoms with van der Waals surface area (Å²) in [5.74, 6) is 1.67. The van der Waals surface area contributed by atoms with Crippen LogP contribution in [0.1, 0.15) is 19.8 Å². The molecule has 0 aliphatic heterocycles. The highest BCUT2D eigenvalue weighted by Gasteiger charge is 2.13. The van der Waals surface area contributed by atoms with Crippen molar-refractivity contribution in [1.29, 1.82) is 0 Å². The standard InChI is InChI=1S/C22H20ClN3OS/c1-2-3-12-27-18-10-8-17(9-11-18)26-21-20-19(13-28-22(20)25-14-24-21)15-4-6-16(23)7-5-15/h4-11,13-14H,2-3,12H2,1H3,(H,24,25,26). The Hall–Kier alpha value is -2.63. The summed E-state index contributed by atoms with van der Waals surface area (Å²) in [6.07, 6.45) is 3.78. The van der Waals surface area contributed by atoms with E-state index in [4.69, 9.17) is 16.3 Å². The van der Waals surface area contributed by atoms with Gasteiger partial charge in [0.05, 0.1) is 12.0 Å². The number of rotatable bonds is 7. The third kappa shape index (κ3) is 4.11. The van der Waals surface area contributed by atoms with E-state index in [0.717, 1.165) is 63.1 Å². The molecule has 0 bridgehead atoms. The highest BCUT2D eigenvalue weighted by molar-refractivity contribution is 7.17. The van der Waals surface area contributed by atoms with Crippen LogP contribution in [0.25, 0.3) is 21.3 Å². The second kappa shape index (κ2) is 8.59. The molecule has 0 spiro atoms. The van der Waals surface area contributed by atoms with Gasteiger partial charge in [0.2, 0.25) is 0 Å². The molecule has 4 nitrogen and oxygen atoms in total. The van der Waals surface area contributed by atoms with Crippen LogP contribution in [-0.4, -0.2) is 16.6 Å². The number of anilines is 2. The van der Waals surface area contributed by atoms with Gasteiger partial charge in [-0.1, -0.05) is 37.1 Å². The van der Waals surface area contributed by atoms with Gasteiger partial charge in [0.1, 0.15) is 22.7 Å². The first-order chi connectivity index (χ1) is 13.7. The smallest absolute Gasteiger partial charge is 0.143 e. The molecular formula is C22H20ClN3OS. The van der Waals surface area contributed by atoms with Crippen LogP contribution in [0.3, 0.4) is 0 Å². The molecule has 0 aliphatic rings. The number of aromatic nitrogens is 2. The molecule has 0 fully saturated rings. The number of hydrogen-bond donors (Lipinski definition) is 1. The minimum absolute atomic E-state index is 0.721. The van der Waals surface area contributed by atoms with Crippen LogP contribution in [0, 0.1) is 0 Å². The second-order valence-corrected chi connectivity index (χ2v) is 7.70. The molecule has 1 N–H and O–H groups in total. The molecule has 4 aromatic rings. The van der Waals surface area contributed by atoms with Crippen molar-refractivity contribution in [2.75, 3.05) is 11.9 Å². The summed E-state index contributed by atoms with van der Waals surface area (Å²) in [5.41, 5.74) is 3.14. The molecule has 0 saturated carbocycles. The number of benzene rings is 2. The Labute approximate surface area is 173 Å². The number of thiophene rings is 1. The van der Waals surface area contributed by atoms with Gasteiger partial charge in [-0.15, -0.1) is 11.3 Å². The summed E-state index contributed by atoms with van der Waals surface area (Å²) >= 11 is 7.65. The Kier molecular flexibility index (Phi) is 5.74. The number of fused-ring (bicyclic) bond motifs is 1. The molecule has 0 aliphatic carbocycles. The highest BCUT2D eigenvalue weighted by Crippen LogP contribution is 2.37. The van der Waals surface area contributed by atoms with Gasteiger partial charge in [0.15, 0.2) is 0 Å². The third-order valence-electron chi connectivity index (χ3n) is 4.41. The maximum absolute atomic E-state index is 6.04. The van der Waals surface area contributed by atoms with E-state index >= 15 is 0 Å². The zero-order valence-corrected chi connectivity index (χ0v) is 17.1. The van der Waals surface area contributed by atoms with E-state index in [0.29, 0.717) is 0 Å². The molecule has 0 atom stereocenters. The number of nitrogens with one attached hydrogen (secondary N) is 1. The fourth-order valence-electron chi connectivity index (χ4n) is 2.92. The largest absolute Gasteiger partial charge is 0.494 e. The second-order valence-electron chi connectivity index (χ2n) is 6.41. The fourth-order valence-corrected chi connectivity index (χ4v) is 3.96. The van der Waals surface area contributed by atoms with Gasteiger partial charge in [-0.25, -0.2) is 9.97 Å². The molecule has 2 aromatic carbocycles. The quantitative estimate of drug-likeness (QED) is 0.336. The number of halogens is 1. The predicted octanol–water partition coefficient (Wildman–Crippen LogP) is 6.93. The van der Waals surface area contributed by atoms with Crippen molar-refractivity contribution >= 4 is 44.7 Å². The molecule has 2 heterocycles. The summed E-state index contributed by atoms with van der Waals surface area (Å²) in [6.45, 7) is 2.90. The van der Waals surface area contributed by atoms with E-state index in [9.17, 15) is 0 Å². The monoisotopic (exact) mass is 409 g/mol. The number of nitrogens with zero attached hydrogens (tertiary/aromatic N) is 2. The molecule has 0 amide bonds. The Bertz CT molecular complexity index is 1060. The van der Waals surface area contributed by atoms with Crippen molar-refractivity contribution in [2.24, 2.45) is 0 Å². The molecule has 2 aromatic heterocycles. The zero-order chi connectivity index (χ0) is 19.3. The summed E-state index contributed by atoms with van der Waals surface area (Å²) in [7, 11) is 0. The van der Waals surface area contributed by atoms with Crippen molar-refractivity contribution in [2.45, 2.75) is 19.8 Å². The molecule has 142 valence electrons. The maximum Gasteiger partial charge on any atom is 0.143 e. The summed E-state index contributed by atoms with van der Waals surface area (Å²) < 4.78 is 5.73. The van der Waals surface area contributed by atoms with E-state index in [1.165, 1.54) is 0 Å². The van der Waals surface area contributed by atoms with Crippen molar-refractivity contribution in [1.82, 2.24) is 9.97 Å². The van der Waals surface area contributed by atoms with E-state index in [-0.39, 0.29) is 0 Å². The molecule has 6 heteroatoms. The Morgan fingerprint density at radius 1 is 1.04 bits per heavy atom.